The number of rotatable bonds is 10. The Labute approximate surface area is 189 Å². The molecule has 0 aliphatic rings. The molecule has 0 fully saturated rings. The number of hydrogen-bond acceptors (Lipinski definition) is 4. The molecule has 1 aromatic heterocycles. The minimum absolute atomic E-state index is 0.383. The zero-order chi connectivity index (χ0) is 22.3. The van der Waals surface area contributed by atoms with Crippen LogP contribution in [0.3, 0.4) is 0 Å². The van der Waals surface area contributed by atoms with Crippen LogP contribution >= 0.6 is 0 Å². The Morgan fingerprint density at radius 2 is 1.59 bits per heavy atom. The van der Waals surface area contributed by atoms with Gasteiger partial charge in [0.2, 0.25) is 0 Å². The molecular weight excluding hydrogens is 400 g/mol. The standard InChI is InChI=1S/C27H30N2O3/c1-20-14-15-22(18-21(20)2)31-17-9-8-16-29-24-11-5-4-10-23(24)28-27(29)19-32-26-13-7-6-12-25(26)30-3/h4-7,10-15,18H,8-9,16-17,19H2,1-3H3. The average molecular weight is 431 g/mol. The third-order valence-electron chi connectivity index (χ3n) is 5.68. The number of fused-ring (bicyclic) bond motifs is 1. The Kier molecular flexibility index (Phi) is 6.95. The maximum atomic E-state index is 6.06. The second-order valence-electron chi connectivity index (χ2n) is 7.91. The van der Waals surface area contributed by atoms with Gasteiger partial charge in [-0.2, -0.15) is 0 Å². The van der Waals surface area contributed by atoms with E-state index < -0.39 is 0 Å². The smallest absolute Gasteiger partial charge is 0.161 e. The number of aryl methyl sites for hydroxylation is 3. The van der Waals surface area contributed by atoms with Gasteiger partial charge < -0.3 is 18.8 Å². The Hall–Kier alpha value is -3.47. The van der Waals surface area contributed by atoms with E-state index in [1.807, 2.05) is 48.5 Å². The summed E-state index contributed by atoms with van der Waals surface area (Å²) >= 11 is 0. The molecular formula is C27H30N2O3. The molecule has 4 rings (SSSR count). The molecule has 5 heteroatoms. The summed E-state index contributed by atoms with van der Waals surface area (Å²) in [5.41, 5.74) is 4.65. The largest absolute Gasteiger partial charge is 0.494 e. The number of para-hydroxylation sites is 4. The molecule has 0 saturated heterocycles. The quantitative estimate of drug-likeness (QED) is 0.285. The normalized spacial score (nSPS) is 11.0. The molecule has 0 aliphatic heterocycles. The van der Waals surface area contributed by atoms with Crippen molar-refractivity contribution in [2.75, 3.05) is 13.7 Å². The molecule has 0 spiro atoms. The van der Waals surface area contributed by atoms with Gasteiger partial charge in [-0.3, -0.25) is 0 Å². The van der Waals surface area contributed by atoms with Crippen molar-refractivity contribution in [2.45, 2.75) is 39.8 Å². The number of methoxy groups -OCH3 is 1. The van der Waals surface area contributed by atoms with Crippen LogP contribution in [-0.4, -0.2) is 23.3 Å². The van der Waals surface area contributed by atoms with Gasteiger partial charge in [-0.1, -0.05) is 30.3 Å². The minimum Gasteiger partial charge on any atom is -0.494 e. The first-order valence-electron chi connectivity index (χ1n) is 11.1. The second kappa shape index (κ2) is 10.2. The first kappa shape index (κ1) is 21.8. The van der Waals surface area contributed by atoms with Gasteiger partial charge in [-0.25, -0.2) is 4.98 Å². The summed E-state index contributed by atoms with van der Waals surface area (Å²) in [6.45, 7) is 6.17. The number of aromatic nitrogens is 2. The molecule has 1 heterocycles. The van der Waals surface area contributed by atoms with Crippen molar-refractivity contribution in [2.24, 2.45) is 0 Å². The van der Waals surface area contributed by atoms with Crippen molar-refractivity contribution in [3.63, 3.8) is 0 Å². The van der Waals surface area contributed by atoms with E-state index in [1.165, 1.54) is 11.1 Å². The Morgan fingerprint density at radius 3 is 2.41 bits per heavy atom. The molecule has 32 heavy (non-hydrogen) atoms. The SMILES string of the molecule is COc1ccccc1OCc1nc2ccccc2n1CCCCOc1ccc(C)c(C)c1. The molecule has 0 saturated carbocycles. The summed E-state index contributed by atoms with van der Waals surface area (Å²) in [7, 11) is 1.65. The van der Waals surface area contributed by atoms with Crippen LogP contribution in [0.4, 0.5) is 0 Å². The Bertz CT molecular complexity index is 1180. The van der Waals surface area contributed by atoms with Crippen molar-refractivity contribution < 1.29 is 14.2 Å². The van der Waals surface area contributed by atoms with E-state index >= 15 is 0 Å². The molecule has 0 amide bonds. The average Bonchev–Trinajstić information content (AvgIpc) is 3.17. The predicted octanol–water partition coefficient (Wildman–Crippen LogP) is 6.10. The van der Waals surface area contributed by atoms with Crippen molar-refractivity contribution in [3.8, 4) is 17.2 Å². The maximum absolute atomic E-state index is 6.06. The molecule has 0 N–H and O–H groups in total. The summed E-state index contributed by atoms with van der Waals surface area (Å²) in [6.07, 6.45) is 1.96. The summed E-state index contributed by atoms with van der Waals surface area (Å²) < 4.78 is 19.7. The van der Waals surface area contributed by atoms with E-state index in [0.717, 1.165) is 53.5 Å². The highest BCUT2D eigenvalue weighted by Crippen LogP contribution is 2.27. The van der Waals surface area contributed by atoms with Crippen LogP contribution in [0.25, 0.3) is 11.0 Å². The number of benzene rings is 3. The van der Waals surface area contributed by atoms with E-state index in [9.17, 15) is 0 Å². The van der Waals surface area contributed by atoms with Gasteiger partial charge in [0.15, 0.2) is 11.5 Å². The van der Waals surface area contributed by atoms with Gasteiger partial charge in [-0.15, -0.1) is 0 Å². The molecule has 5 nitrogen and oxygen atoms in total. The number of hydrogen-bond donors (Lipinski definition) is 0. The summed E-state index contributed by atoms with van der Waals surface area (Å²) in [4.78, 5) is 4.81. The highest BCUT2D eigenvalue weighted by molar-refractivity contribution is 5.75. The predicted molar refractivity (Wildman–Crippen MR) is 128 cm³/mol. The fraction of sp³-hybridized carbons (Fsp3) is 0.296. The van der Waals surface area contributed by atoms with Gasteiger partial charge in [-0.05, 0) is 74.2 Å². The zero-order valence-electron chi connectivity index (χ0n) is 19.0. The second-order valence-corrected chi connectivity index (χ2v) is 7.91. The third-order valence-corrected chi connectivity index (χ3v) is 5.68. The van der Waals surface area contributed by atoms with Crippen LogP contribution in [0.15, 0.2) is 66.7 Å². The molecule has 0 unspecified atom stereocenters. The monoisotopic (exact) mass is 430 g/mol. The van der Waals surface area contributed by atoms with Crippen molar-refractivity contribution in [1.29, 1.82) is 0 Å². The first-order chi connectivity index (χ1) is 15.7. The van der Waals surface area contributed by atoms with Crippen LogP contribution in [0.5, 0.6) is 17.2 Å². The van der Waals surface area contributed by atoms with Crippen molar-refractivity contribution in [1.82, 2.24) is 9.55 Å². The highest BCUT2D eigenvalue weighted by atomic mass is 16.5. The zero-order valence-corrected chi connectivity index (χ0v) is 19.0. The van der Waals surface area contributed by atoms with Crippen molar-refractivity contribution >= 4 is 11.0 Å². The number of unbranched alkanes of at least 4 members (excludes halogenated alkanes) is 1. The van der Waals surface area contributed by atoms with Gasteiger partial charge in [0.25, 0.3) is 0 Å². The summed E-state index contributed by atoms with van der Waals surface area (Å²) in [5, 5.41) is 0. The molecule has 166 valence electrons. The van der Waals surface area contributed by atoms with Gasteiger partial charge in [0.05, 0.1) is 24.8 Å². The van der Waals surface area contributed by atoms with E-state index in [-0.39, 0.29) is 0 Å². The lowest BCUT2D eigenvalue weighted by atomic mass is 10.1. The fourth-order valence-corrected chi connectivity index (χ4v) is 3.73. The third kappa shape index (κ3) is 5.05. The molecule has 4 aromatic rings. The molecule has 0 radical (unpaired) electrons. The van der Waals surface area contributed by atoms with E-state index in [2.05, 4.69) is 36.6 Å². The van der Waals surface area contributed by atoms with Crippen LogP contribution in [0, 0.1) is 13.8 Å². The summed E-state index contributed by atoms with van der Waals surface area (Å²) in [5.74, 6) is 3.29. The Balaban J connectivity index is 1.39. The fourth-order valence-electron chi connectivity index (χ4n) is 3.73. The topological polar surface area (TPSA) is 45.5 Å². The molecule has 0 bridgehead atoms. The number of nitrogens with zero attached hydrogens (tertiary/aromatic N) is 2. The summed E-state index contributed by atoms with van der Waals surface area (Å²) in [6, 6.07) is 22.2. The lowest BCUT2D eigenvalue weighted by Gasteiger charge is -2.13. The molecule has 3 aromatic carbocycles. The van der Waals surface area contributed by atoms with Crippen LogP contribution in [0.2, 0.25) is 0 Å². The van der Waals surface area contributed by atoms with Gasteiger partial charge in [0.1, 0.15) is 18.2 Å². The molecule has 0 aliphatic carbocycles. The Morgan fingerprint density at radius 1 is 0.812 bits per heavy atom. The van der Waals surface area contributed by atoms with E-state index in [4.69, 9.17) is 19.2 Å². The van der Waals surface area contributed by atoms with Gasteiger partial charge >= 0.3 is 0 Å². The minimum atomic E-state index is 0.383. The lowest BCUT2D eigenvalue weighted by molar-refractivity contribution is 0.270. The molecule has 0 atom stereocenters. The number of ether oxygens (including phenoxy) is 3. The first-order valence-corrected chi connectivity index (χ1v) is 11.1. The highest BCUT2D eigenvalue weighted by Gasteiger charge is 2.12. The van der Waals surface area contributed by atoms with Crippen molar-refractivity contribution in [3.05, 3.63) is 83.7 Å². The van der Waals surface area contributed by atoms with Crippen LogP contribution in [0.1, 0.15) is 29.8 Å². The van der Waals surface area contributed by atoms with Crippen LogP contribution < -0.4 is 14.2 Å². The number of imidazole rings is 1. The lowest BCUT2D eigenvalue weighted by Crippen LogP contribution is -2.09. The van der Waals surface area contributed by atoms with E-state index in [0.29, 0.717) is 13.2 Å². The van der Waals surface area contributed by atoms with Gasteiger partial charge in [0, 0.05) is 6.54 Å². The maximum Gasteiger partial charge on any atom is 0.161 e. The van der Waals surface area contributed by atoms with Crippen LogP contribution in [-0.2, 0) is 13.2 Å². The van der Waals surface area contributed by atoms with E-state index in [1.54, 1.807) is 7.11 Å².